The Balaban J connectivity index is 2.35. The normalized spacial score (nSPS) is 14.6. The fourth-order valence-electron chi connectivity index (χ4n) is 2.68. The van der Waals surface area contributed by atoms with E-state index in [-0.39, 0.29) is 17.0 Å². The number of aromatic nitrogens is 1. The molecule has 1 aliphatic rings. The van der Waals surface area contributed by atoms with E-state index in [1.807, 2.05) is 11.5 Å². The molecule has 4 nitrogen and oxygen atoms in total. The van der Waals surface area contributed by atoms with Crippen LogP contribution in [-0.4, -0.2) is 15.6 Å². The van der Waals surface area contributed by atoms with Gasteiger partial charge in [0.2, 0.25) is 5.43 Å². The molecule has 2 aromatic rings. The summed E-state index contributed by atoms with van der Waals surface area (Å²) < 4.78 is 15.9. The number of hydrogen-bond acceptors (Lipinski definition) is 2. The van der Waals surface area contributed by atoms with E-state index in [4.69, 9.17) is 5.11 Å². The topological polar surface area (TPSA) is 59.3 Å². The predicted molar refractivity (Wildman–Crippen MR) is 77.4 cm³/mol. The maximum Gasteiger partial charge on any atom is 0.341 e. The predicted octanol–water partition coefficient (Wildman–Crippen LogP) is 3.13. The molecule has 21 heavy (non-hydrogen) atoms. The van der Waals surface area contributed by atoms with Crippen molar-refractivity contribution in [2.45, 2.75) is 38.6 Å². The molecule has 1 aliphatic carbocycles. The molecule has 0 bridgehead atoms. The Morgan fingerprint density at radius 3 is 2.71 bits per heavy atom. The lowest BCUT2D eigenvalue weighted by atomic mass is 10.0. The lowest BCUT2D eigenvalue weighted by Crippen LogP contribution is -2.19. The van der Waals surface area contributed by atoms with E-state index in [9.17, 15) is 14.0 Å². The molecule has 3 rings (SSSR count). The molecule has 110 valence electrons. The number of pyridine rings is 1. The van der Waals surface area contributed by atoms with E-state index in [0.717, 1.165) is 19.3 Å². The Bertz CT molecular complexity index is 790. The number of fused-ring (bicyclic) bond motifs is 1. The van der Waals surface area contributed by atoms with Gasteiger partial charge in [0.25, 0.3) is 0 Å². The van der Waals surface area contributed by atoms with Crippen molar-refractivity contribution < 1.29 is 14.3 Å². The van der Waals surface area contributed by atoms with Gasteiger partial charge in [-0.2, -0.15) is 0 Å². The van der Waals surface area contributed by atoms with Gasteiger partial charge < -0.3 is 9.67 Å². The average Bonchev–Trinajstić information content (AvgIpc) is 3.25. The molecule has 1 aromatic heterocycles. The Labute approximate surface area is 120 Å². The van der Waals surface area contributed by atoms with Gasteiger partial charge in [0.1, 0.15) is 11.4 Å². The maximum absolute atomic E-state index is 14.1. The molecule has 0 saturated heterocycles. The molecule has 0 spiro atoms. The third-order valence-corrected chi connectivity index (χ3v) is 3.89. The number of carboxylic acid groups (broad SMARTS) is 1. The highest BCUT2D eigenvalue weighted by atomic mass is 19.1. The highest BCUT2D eigenvalue weighted by Gasteiger charge is 2.27. The molecule has 0 radical (unpaired) electrons. The number of rotatable bonds is 4. The van der Waals surface area contributed by atoms with Crippen molar-refractivity contribution in [1.82, 2.24) is 4.57 Å². The van der Waals surface area contributed by atoms with E-state index in [0.29, 0.717) is 17.5 Å². The SMILES string of the molecule is CCCc1cc2c(cc1F)c(=O)c(C(=O)O)cn2C1CC1. The second-order valence-electron chi connectivity index (χ2n) is 5.53. The van der Waals surface area contributed by atoms with Gasteiger partial charge in [-0.1, -0.05) is 13.3 Å². The molecule has 1 heterocycles. The first-order valence-corrected chi connectivity index (χ1v) is 7.13. The summed E-state index contributed by atoms with van der Waals surface area (Å²) in [5.41, 5.74) is 0.299. The number of aryl methyl sites for hydroxylation is 1. The summed E-state index contributed by atoms with van der Waals surface area (Å²) in [6.45, 7) is 1.96. The summed E-state index contributed by atoms with van der Waals surface area (Å²) in [6.07, 6.45) is 4.72. The maximum atomic E-state index is 14.1. The smallest absolute Gasteiger partial charge is 0.341 e. The molecule has 0 atom stereocenters. The molecule has 0 amide bonds. The lowest BCUT2D eigenvalue weighted by Gasteiger charge is -2.13. The van der Waals surface area contributed by atoms with Gasteiger partial charge in [-0.3, -0.25) is 4.79 Å². The highest BCUT2D eigenvalue weighted by Crippen LogP contribution is 2.37. The lowest BCUT2D eigenvalue weighted by molar-refractivity contribution is 0.0695. The van der Waals surface area contributed by atoms with Gasteiger partial charge in [-0.15, -0.1) is 0 Å². The van der Waals surface area contributed by atoms with Crippen molar-refractivity contribution in [2.75, 3.05) is 0 Å². The molecule has 0 unspecified atom stereocenters. The fraction of sp³-hybridized carbons (Fsp3) is 0.375. The molecule has 1 fully saturated rings. The van der Waals surface area contributed by atoms with Crippen LogP contribution >= 0.6 is 0 Å². The number of nitrogens with zero attached hydrogens (tertiary/aromatic N) is 1. The minimum absolute atomic E-state index is 0.152. The summed E-state index contributed by atoms with van der Waals surface area (Å²) in [4.78, 5) is 23.4. The van der Waals surface area contributed by atoms with E-state index in [1.165, 1.54) is 12.3 Å². The van der Waals surface area contributed by atoms with Crippen molar-refractivity contribution in [2.24, 2.45) is 0 Å². The Morgan fingerprint density at radius 1 is 1.43 bits per heavy atom. The summed E-state index contributed by atoms with van der Waals surface area (Å²) in [5.74, 6) is -1.71. The summed E-state index contributed by atoms with van der Waals surface area (Å²) in [6, 6.07) is 3.10. The van der Waals surface area contributed by atoms with Crippen molar-refractivity contribution in [3.8, 4) is 0 Å². The zero-order valence-corrected chi connectivity index (χ0v) is 11.7. The highest BCUT2D eigenvalue weighted by molar-refractivity contribution is 5.92. The molecule has 5 heteroatoms. The largest absolute Gasteiger partial charge is 0.477 e. The van der Waals surface area contributed by atoms with Crippen LogP contribution in [0.1, 0.15) is 48.1 Å². The van der Waals surface area contributed by atoms with Gasteiger partial charge in [-0.05, 0) is 37.0 Å². The fourth-order valence-corrected chi connectivity index (χ4v) is 2.68. The molecule has 0 aliphatic heterocycles. The van der Waals surface area contributed by atoms with Crippen LogP contribution < -0.4 is 5.43 Å². The monoisotopic (exact) mass is 289 g/mol. The standard InChI is InChI=1S/C16H16FNO3/c1-2-3-9-6-14-11(7-13(9)17)15(19)12(16(20)21)8-18(14)10-4-5-10/h6-8,10H,2-5H2,1H3,(H,20,21). The van der Waals surface area contributed by atoms with Crippen LogP contribution in [0.2, 0.25) is 0 Å². The first-order valence-electron chi connectivity index (χ1n) is 7.13. The second kappa shape index (κ2) is 4.98. The molecular weight excluding hydrogens is 273 g/mol. The quantitative estimate of drug-likeness (QED) is 0.940. The molecule has 1 aromatic carbocycles. The van der Waals surface area contributed by atoms with Crippen molar-refractivity contribution in [3.63, 3.8) is 0 Å². The third kappa shape index (κ3) is 2.33. The van der Waals surface area contributed by atoms with Crippen LogP contribution in [0.5, 0.6) is 0 Å². The summed E-state index contributed by atoms with van der Waals surface area (Å²) in [7, 11) is 0. The van der Waals surface area contributed by atoms with Crippen molar-refractivity contribution in [1.29, 1.82) is 0 Å². The first kappa shape index (κ1) is 13.8. The van der Waals surface area contributed by atoms with Gasteiger partial charge in [0.05, 0.1) is 5.52 Å². The van der Waals surface area contributed by atoms with E-state index < -0.39 is 17.2 Å². The minimum Gasteiger partial charge on any atom is -0.477 e. The number of carbonyl (C=O) groups is 1. The summed E-state index contributed by atoms with van der Waals surface area (Å²) >= 11 is 0. The van der Waals surface area contributed by atoms with Crippen LogP contribution in [0.3, 0.4) is 0 Å². The van der Waals surface area contributed by atoms with Crippen LogP contribution in [0.4, 0.5) is 4.39 Å². The Morgan fingerprint density at radius 2 is 2.14 bits per heavy atom. The number of carboxylic acids is 1. The van der Waals surface area contributed by atoms with Gasteiger partial charge >= 0.3 is 5.97 Å². The Kier molecular flexibility index (Phi) is 3.27. The number of halogens is 1. The first-order chi connectivity index (χ1) is 10.0. The zero-order chi connectivity index (χ0) is 15.1. The number of benzene rings is 1. The number of hydrogen-bond donors (Lipinski definition) is 1. The number of aromatic carboxylic acids is 1. The zero-order valence-electron chi connectivity index (χ0n) is 11.7. The van der Waals surface area contributed by atoms with Crippen molar-refractivity contribution in [3.05, 3.63) is 45.5 Å². The minimum atomic E-state index is -1.27. The van der Waals surface area contributed by atoms with Crippen molar-refractivity contribution >= 4 is 16.9 Å². The average molecular weight is 289 g/mol. The van der Waals surface area contributed by atoms with Crippen LogP contribution in [0, 0.1) is 5.82 Å². The molecule has 1 N–H and O–H groups in total. The Hall–Kier alpha value is -2.17. The van der Waals surface area contributed by atoms with Crippen LogP contribution in [0.25, 0.3) is 10.9 Å². The van der Waals surface area contributed by atoms with Gasteiger partial charge in [0.15, 0.2) is 0 Å². The molecule has 1 saturated carbocycles. The van der Waals surface area contributed by atoms with Gasteiger partial charge in [-0.25, -0.2) is 9.18 Å². The van der Waals surface area contributed by atoms with Crippen LogP contribution in [-0.2, 0) is 6.42 Å². The second-order valence-corrected chi connectivity index (χ2v) is 5.53. The third-order valence-electron chi connectivity index (χ3n) is 3.89. The van der Waals surface area contributed by atoms with Gasteiger partial charge in [0, 0.05) is 17.6 Å². The van der Waals surface area contributed by atoms with Crippen LogP contribution in [0.15, 0.2) is 23.1 Å². The van der Waals surface area contributed by atoms with E-state index in [1.54, 1.807) is 6.07 Å². The van der Waals surface area contributed by atoms with E-state index in [2.05, 4.69) is 0 Å². The van der Waals surface area contributed by atoms with E-state index >= 15 is 0 Å². The molecular formula is C16H16FNO3. The summed E-state index contributed by atoms with van der Waals surface area (Å²) in [5, 5.41) is 9.30.